The fourth-order valence-electron chi connectivity index (χ4n) is 2.84. The molecule has 3 heteroatoms. The summed E-state index contributed by atoms with van der Waals surface area (Å²) in [7, 11) is 0. The zero-order valence-corrected chi connectivity index (χ0v) is 9.64. The van der Waals surface area contributed by atoms with Gasteiger partial charge in [0.2, 0.25) is 5.91 Å². The number of carbonyl (C=O) groups is 1. The van der Waals surface area contributed by atoms with Crippen LogP contribution in [0.3, 0.4) is 0 Å². The molecule has 4 rings (SSSR count). The van der Waals surface area contributed by atoms with Gasteiger partial charge in [-0.3, -0.25) is 4.79 Å². The summed E-state index contributed by atoms with van der Waals surface area (Å²) < 4.78 is 5.91. The number of carbonyl (C=O) groups excluding carboxylic acids is 1. The van der Waals surface area contributed by atoms with Gasteiger partial charge in [-0.1, -0.05) is 24.3 Å². The highest BCUT2D eigenvalue weighted by Gasteiger charge is 2.34. The van der Waals surface area contributed by atoms with Crippen molar-refractivity contribution in [2.75, 3.05) is 5.32 Å². The van der Waals surface area contributed by atoms with E-state index in [1.165, 1.54) is 0 Å². The zero-order chi connectivity index (χ0) is 12.1. The maximum Gasteiger partial charge on any atom is 0.225 e. The number of anilines is 1. The van der Waals surface area contributed by atoms with Crippen LogP contribution in [0, 0.1) is 0 Å². The highest BCUT2D eigenvalue weighted by atomic mass is 16.5. The van der Waals surface area contributed by atoms with E-state index in [1.54, 1.807) is 0 Å². The van der Waals surface area contributed by atoms with E-state index in [-0.39, 0.29) is 11.8 Å². The second kappa shape index (κ2) is 3.35. The topological polar surface area (TPSA) is 38.3 Å². The van der Waals surface area contributed by atoms with Crippen molar-refractivity contribution in [3.63, 3.8) is 0 Å². The number of hydrogen-bond donors (Lipinski definition) is 1. The van der Waals surface area contributed by atoms with Gasteiger partial charge in [0.05, 0.1) is 0 Å². The molecular formula is C15H11NO2. The minimum Gasteiger partial charge on any atom is -0.457 e. The van der Waals surface area contributed by atoms with E-state index in [1.807, 2.05) is 42.5 Å². The Bertz CT molecular complexity index is 663. The predicted octanol–water partition coefficient (Wildman–Crippen LogP) is 3.27. The second-order valence-electron chi connectivity index (χ2n) is 4.66. The van der Waals surface area contributed by atoms with Crippen molar-refractivity contribution in [1.82, 2.24) is 0 Å². The van der Waals surface area contributed by atoms with Crippen LogP contribution in [-0.4, -0.2) is 5.91 Å². The number of nitrogens with one attached hydrogen (secondary N) is 1. The molecule has 1 atom stereocenters. The van der Waals surface area contributed by atoms with Gasteiger partial charge in [0, 0.05) is 29.2 Å². The van der Waals surface area contributed by atoms with Crippen LogP contribution in [0.15, 0.2) is 42.5 Å². The summed E-state index contributed by atoms with van der Waals surface area (Å²) >= 11 is 0. The molecule has 3 nitrogen and oxygen atoms in total. The first-order valence-electron chi connectivity index (χ1n) is 6.02. The Kier molecular flexibility index (Phi) is 1.81. The number of rotatable bonds is 0. The van der Waals surface area contributed by atoms with Gasteiger partial charge in [0.25, 0.3) is 0 Å². The summed E-state index contributed by atoms with van der Waals surface area (Å²) in [5, 5.41) is 2.91. The number of para-hydroxylation sites is 1. The summed E-state index contributed by atoms with van der Waals surface area (Å²) in [6.07, 6.45) is 0.490. The molecular weight excluding hydrogens is 226 g/mol. The molecule has 1 N–H and O–H groups in total. The van der Waals surface area contributed by atoms with E-state index in [2.05, 4.69) is 5.32 Å². The minimum atomic E-state index is 0.0707. The Labute approximate surface area is 104 Å². The smallest absolute Gasteiger partial charge is 0.225 e. The first-order valence-corrected chi connectivity index (χ1v) is 6.02. The Morgan fingerprint density at radius 3 is 2.83 bits per heavy atom. The molecule has 18 heavy (non-hydrogen) atoms. The van der Waals surface area contributed by atoms with E-state index in [0.717, 1.165) is 28.3 Å². The van der Waals surface area contributed by atoms with Crippen LogP contribution in [0.4, 0.5) is 5.69 Å². The quantitative estimate of drug-likeness (QED) is 0.763. The molecule has 0 aliphatic carbocycles. The maximum absolute atomic E-state index is 11.8. The monoisotopic (exact) mass is 237 g/mol. The van der Waals surface area contributed by atoms with Gasteiger partial charge < -0.3 is 10.1 Å². The molecule has 0 aromatic heterocycles. The highest BCUT2D eigenvalue weighted by molar-refractivity contribution is 5.96. The lowest BCUT2D eigenvalue weighted by Gasteiger charge is -2.32. The first kappa shape index (κ1) is 9.71. The van der Waals surface area contributed by atoms with E-state index in [4.69, 9.17) is 4.74 Å². The van der Waals surface area contributed by atoms with E-state index < -0.39 is 0 Å². The fraction of sp³-hybridized carbons (Fsp3) is 0.133. The molecule has 1 unspecified atom stereocenters. The maximum atomic E-state index is 11.8. The fourth-order valence-corrected chi connectivity index (χ4v) is 2.84. The van der Waals surface area contributed by atoms with Crippen molar-refractivity contribution in [1.29, 1.82) is 0 Å². The van der Waals surface area contributed by atoms with Crippen LogP contribution < -0.4 is 10.1 Å². The molecule has 2 aliphatic heterocycles. The average molecular weight is 237 g/mol. The highest BCUT2D eigenvalue weighted by Crippen LogP contribution is 2.50. The molecule has 0 bridgehead atoms. The van der Waals surface area contributed by atoms with Gasteiger partial charge in [-0.2, -0.15) is 0 Å². The molecule has 0 spiro atoms. The van der Waals surface area contributed by atoms with Crippen LogP contribution in [0.25, 0.3) is 0 Å². The summed E-state index contributed by atoms with van der Waals surface area (Å²) in [4.78, 5) is 11.8. The van der Waals surface area contributed by atoms with Gasteiger partial charge in [0.15, 0.2) is 0 Å². The summed E-state index contributed by atoms with van der Waals surface area (Å²) in [6, 6.07) is 13.7. The van der Waals surface area contributed by atoms with Crippen LogP contribution in [-0.2, 0) is 4.79 Å². The third kappa shape index (κ3) is 1.21. The number of hydrogen-bond acceptors (Lipinski definition) is 2. The molecule has 2 aromatic rings. The SMILES string of the molecule is O=C1CC2c3ccccc3Oc3cccc(c32)N1. The molecule has 0 radical (unpaired) electrons. The van der Waals surface area contributed by atoms with Crippen molar-refractivity contribution >= 4 is 11.6 Å². The van der Waals surface area contributed by atoms with Crippen LogP contribution in [0.1, 0.15) is 23.5 Å². The molecule has 2 heterocycles. The van der Waals surface area contributed by atoms with Crippen LogP contribution >= 0.6 is 0 Å². The molecule has 88 valence electrons. The van der Waals surface area contributed by atoms with E-state index in [9.17, 15) is 4.79 Å². The van der Waals surface area contributed by atoms with Crippen molar-refractivity contribution in [3.8, 4) is 11.5 Å². The van der Waals surface area contributed by atoms with Crippen LogP contribution in [0.2, 0.25) is 0 Å². The Morgan fingerprint density at radius 2 is 1.89 bits per heavy atom. The summed E-state index contributed by atoms with van der Waals surface area (Å²) in [5.74, 6) is 1.91. The molecule has 0 saturated carbocycles. The normalized spacial score (nSPS) is 19.3. The van der Waals surface area contributed by atoms with Gasteiger partial charge >= 0.3 is 0 Å². The van der Waals surface area contributed by atoms with E-state index in [0.29, 0.717) is 6.42 Å². The molecule has 2 aliphatic rings. The lowest BCUT2D eigenvalue weighted by Crippen LogP contribution is -2.25. The largest absolute Gasteiger partial charge is 0.457 e. The Morgan fingerprint density at radius 1 is 1.06 bits per heavy atom. The number of benzene rings is 2. The standard InChI is InChI=1S/C15H11NO2/c17-14-8-10-9-4-1-2-6-12(9)18-13-7-3-5-11(16-14)15(10)13/h1-7,10H,8H2,(H,16,17). The van der Waals surface area contributed by atoms with Gasteiger partial charge in [0.1, 0.15) is 11.5 Å². The van der Waals surface area contributed by atoms with Crippen molar-refractivity contribution in [2.45, 2.75) is 12.3 Å². The Hall–Kier alpha value is -2.29. The van der Waals surface area contributed by atoms with Gasteiger partial charge in [-0.15, -0.1) is 0 Å². The van der Waals surface area contributed by atoms with Gasteiger partial charge in [-0.25, -0.2) is 0 Å². The van der Waals surface area contributed by atoms with Crippen LogP contribution in [0.5, 0.6) is 11.5 Å². The van der Waals surface area contributed by atoms with Crippen molar-refractivity contribution in [2.24, 2.45) is 0 Å². The molecule has 2 aromatic carbocycles. The zero-order valence-electron chi connectivity index (χ0n) is 9.64. The van der Waals surface area contributed by atoms with Gasteiger partial charge in [-0.05, 0) is 18.2 Å². The number of fused-ring (bicyclic) bond motifs is 2. The number of amides is 1. The predicted molar refractivity (Wildman–Crippen MR) is 68.0 cm³/mol. The number of ether oxygens (including phenoxy) is 1. The second-order valence-corrected chi connectivity index (χ2v) is 4.66. The third-order valence-electron chi connectivity index (χ3n) is 3.59. The minimum absolute atomic E-state index is 0.0707. The first-order chi connectivity index (χ1) is 8.83. The molecule has 0 fully saturated rings. The summed E-state index contributed by atoms with van der Waals surface area (Å²) in [5.41, 5.74) is 3.09. The third-order valence-corrected chi connectivity index (χ3v) is 3.59. The Balaban J connectivity index is 2.00. The van der Waals surface area contributed by atoms with Crippen molar-refractivity contribution < 1.29 is 9.53 Å². The molecule has 1 amide bonds. The lowest BCUT2D eigenvalue weighted by atomic mass is 9.82. The van der Waals surface area contributed by atoms with E-state index >= 15 is 0 Å². The average Bonchev–Trinajstić information content (AvgIpc) is 2.38. The summed E-state index contributed by atoms with van der Waals surface area (Å²) in [6.45, 7) is 0. The molecule has 0 saturated heterocycles. The van der Waals surface area contributed by atoms with Crippen molar-refractivity contribution in [3.05, 3.63) is 53.6 Å². The lowest BCUT2D eigenvalue weighted by molar-refractivity contribution is -0.116.